The van der Waals surface area contributed by atoms with Gasteiger partial charge >= 0.3 is 0 Å². The van der Waals surface area contributed by atoms with Crippen LogP contribution in [-0.4, -0.2) is 29.0 Å². The Morgan fingerprint density at radius 2 is 2.05 bits per heavy atom. The Hall–Kier alpha value is -0.930. The molecule has 112 valence electrons. The molecule has 2 unspecified atom stereocenters. The number of pyridine rings is 1. The summed E-state index contributed by atoms with van der Waals surface area (Å²) >= 11 is 0. The van der Waals surface area contributed by atoms with Crippen molar-refractivity contribution in [1.82, 2.24) is 9.88 Å². The Morgan fingerprint density at radius 3 is 2.55 bits per heavy atom. The molecule has 0 saturated carbocycles. The summed E-state index contributed by atoms with van der Waals surface area (Å²) in [6.45, 7) is 9.19. The smallest absolute Gasteiger partial charge is 0.0514 e. The quantitative estimate of drug-likeness (QED) is 0.897. The molecular formula is C17H29N3. The summed E-state index contributed by atoms with van der Waals surface area (Å²) < 4.78 is 0. The molecule has 1 aromatic rings. The first-order valence-corrected chi connectivity index (χ1v) is 8.03. The van der Waals surface area contributed by atoms with Crippen LogP contribution in [0.2, 0.25) is 0 Å². The average Bonchev–Trinajstić information content (AvgIpc) is 2.49. The Labute approximate surface area is 123 Å². The van der Waals surface area contributed by atoms with Crippen LogP contribution in [-0.2, 0) is 0 Å². The number of nitrogens with two attached hydrogens (primary N) is 1. The number of nitrogens with zero attached hydrogens (tertiary/aromatic N) is 2. The van der Waals surface area contributed by atoms with Crippen molar-refractivity contribution in [3.63, 3.8) is 0 Å². The van der Waals surface area contributed by atoms with E-state index in [1.165, 1.54) is 18.4 Å². The molecule has 0 bridgehead atoms. The fourth-order valence-corrected chi connectivity index (χ4v) is 3.37. The summed E-state index contributed by atoms with van der Waals surface area (Å²) in [7, 11) is 0. The van der Waals surface area contributed by atoms with Gasteiger partial charge < -0.3 is 5.73 Å². The molecule has 0 radical (unpaired) electrons. The van der Waals surface area contributed by atoms with E-state index >= 15 is 0 Å². The van der Waals surface area contributed by atoms with Crippen LogP contribution in [0.3, 0.4) is 0 Å². The predicted octanol–water partition coefficient (Wildman–Crippen LogP) is 3.23. The first-order valence-electron chi connectivity index (χ1n) is 8.03. The number of piperidine rings is 1. The molecular weight excluding hydrogens is 246 g/mol. The number of hydrogen-bond donors (Lipinski definition) is 1. The van der Waals surface area contributed by atoms with Crippen LogP contribution in [0.5, 0.6) is 0 Å². The van der Waals surface area contributed by atoms with Crippen LogP contribution in [0.25, 0.3) is 0 Å². The van der Waals surface area contributed by atoms with Crippen LogP contribution in [0.1, 0.15) is 51.6 Å². The van der Waals surface area contributed by atoms with Gasteiger partial charge in [0.25, 0.3) is 0 Å². The predicted molar refractivity (Wildman–Crippen MR) is 84.4 cm³/mol. The molecule has 0 aliphatic carbocycles. The molecule has 1 saturated heterocycles. The van der Waals surface area contributed by atoms with Crippen molar-refractivity contribution >= 4 is 0 Å². The lowest BCUT2D eigenvalue weighted by Gasteiger charge is -2.41. The summed E-state index contributed by atoms with van der Waals surface area (Å²) in [5.74, 6) is 1.67. The zero-order valence-corrected chi connectivity index (χ0v) is 13.1. The highest BCUT2D eigenvalue weighted by atomic mass is 15.2. The lowest BCUT2D eigenvalue weighted by molar-refractivity contribution is 0.0991. The second-order valence-corrected chi connectivity index (χ2v) is 6.42. The van der Waals surface area contributed by atoms with Gasteiger partial charge in [-0.1, -0.05) is 26.8 Å². The van der Waals surface area contributed by atoms with E-state index in [1.807, 2.05) is 18.5 Å². The van der Waals surface area contributed by atoms with Crippen molar-refractivity contribution in [2.45, 2.75) is 52.1 Å². The van der Waals surface area contributed by atoms with Gasteiger partial charge in [0, 0.05) is 18.4 Å². The van der Waals surface area contributed by atoms with Crippen molar-refractivity contribution in [2.24, 2.45) is 17.6 Å². The summed E-state index contributed by atoms with van der Waals surface area (Å²) in [5.41, 5.74) is 7.67. The van der Waals surface area contributed by atoms with E-state index in [4.69, 9.17) is 5.73 Å². The molecule has 0 spiro atoms. The lowest BCUT2D eigenvalue weighted by atomic mass is 9.85. The monoisotopic (exact) mass is 275 g/mol. The van der Waals surface area contributed by atoms with E-state index in [2.05, 4.69) is 36.7 Å². The van der Waals surface area contributed by atoms with E-state index in [0.29, 0.717) is 6.04 Å². The van der Waals surface area contributed by atoms with Crippen LogP contribution in [0, 0.1) is 11.8 Å². The number of hydrogen-bond acceptors (Lipinski definition) is 3. The molecule has 0 amide bonds. The van der Waals surface area contributed by atoms with Crippen LogP contribution < -0.4 is 5.73 Å². The van der Waals surface area contributed by atoms with Gasteiger partial charge in [0.05, 0.1) is 6.04 Å². The molecule has 2 N–H and O–H groups in total. The van der Waals surface area contributed by atoms with Crippen molar-refractivity contribution in [3.05, 3.63) is 30.1 Å². The Morgan fingerprint density at radius 1 is 1.35 bits per heavy atom. The highest BCUT2D eigenvalue weighted by molar-refractivity contribution is 5.16. The van der Waals surface area contributed by atoms with E-state index < -0.39 is 0 Å². The van der Waals surface area contributed by atoms with Gasteiger partial charge in [0.2, 0.25) is 0 Å². The van der Waals surface area contributed by atoms with Gasteiger partial charge in [0.15, 0.2) is 0 Å². The standard InChI is InChI=1S/C17H29N3/c1-4-16(18)17(15-6-5-9-19-12-15)20-10-7-14(8-11-20)13(2)3/h5-6,9,12-14,16-17H,4,7-8,10-11,18H2,1-3H3. The maximum Gasteiger partial charge on any atom is 0.0514 e. The Bertz CT molecular complexity index is 382. The van der Waals surface area contributed by atoms with E-state index in [9.17, 15) is 0 Å². The van der Waals surface area contributed by atoms with Gasteiger partial charge in [-0.05, 0) is 55.8 Å². The fraction of sp³-hybridized carbons (Fsp3) is 0.706. The topological polar surface area (TPSA) is 42.1 Å². The third kappa shape index (κ3) is 3.58. The Kier molecular flexibility index (Phi) is 5.55. The lowest BCUT2D eigenvalue weighted by Crippen LogP contribution is -2.45. The van der Waals surface area contributed by atoms with Crippen LogP contribution in [0.4, 0.5) is 0 Å². The van der Waals surface area contributed by atoms with Gasteiger partial charge in [-0.25, -0.2) is 0 Å². The second kappa shape index (κ2) is 7.19. The maximum atomic E-state index is 6.41. The maximum absolute atomic E-state index is 6.41. The first-order chi connectivity index (χ1) is 9.63. The molecule has 0 aromatic carbocycles. The van der Waals surface area contributed by atoms with E-state index in [1.54, 1.807) is 0 Å². The number of rotatable bonds is 5. The summed E-state index contributed by atoms with van der Waals surface area (Å²) in [4.78, 5) is 6.85. The zero-order valence-electron chi connectivity index (χ0n) is 13.1. The summed E-state index contributed by atoms with van der Waals surface area (Å²) in [5, 5.41) is 0. The Balaban J connectivity index is 2.09. The van der Waals surface area contributed by atoms with Gasteiger partial charge in [0.1, 0.15) is 0 Å². The van der Waals surface area contributed by atoms with E-state index in [-0.39, 0.29) is 6.04 Å². The third-order valence-electron chi connectivity index (χ3n) is 4.81. The molecule has 3 nitrogen and oxygen atoms in total. The minimum absolute atomic E-state index is 0.190. The molecule has 2 rings (SSSR count). The summed E-state index contributed by atoms with van der Waals surface area (Å²) in [6, 6.07) is 4.70. The van der Waals surface area contributed by atoms with Crippen LogP contribution >= 0.6 is 0 Å². The van der Waals surface area contributed by atoms with Crippen molar-refractivity contribution in [3.8, 4) is 0 Å². The minimum Gasteiger partial charge on any atom is -0.326 e. The number of likely N-dealkylation sites (tertiary alicyclic amines) is 1. The highest BCUT2D eigenvalue weighted by Gasteiger charge is 2.30. The van der Waals surface area contributed by atoms with Crippen molar-refractivity contribution in [2.75, 3.05) is 13.1 Å². The van der Waals surface area contributed by atoms with Gasteiger partial charge in [-0.2, -0.15) is 0 Å². The molecule has 1 fully saturated rings. The van der Waals surface area contributed by atoms with Crippen molar-refractivity contribution in [1.29, 1.82) is 0 Å². The molecule has 3 heteroatoms. The third-order valence-corrected chi connectivity index (χ3v) is 4.81. The normalized spacial score (nSPS) is 21.1. The molecule has 20 heavy (non-hydrogen) atoms. The zero-order chi connectivity index (χ0) is 14.5. The molecule has 2 heterocycles. The molecule has 1 aromatic heterocycles. The van der Waals surface area contributed by atoms with Crippen molar-refractivity contribution < 1.29 is 0 Å². The summed E-state index contributed by atoms with van der Waals surface area (Å²) in [6.07, 6.45) is 7.41. The highest BCUT2D eigenvalue weighted by Crippen LogP contribution is 2.31. The fourth-order valence-electron chi connectivity index (χ4n) is 3.37. The SMILES string of the molecule is CCC(N)C(c1cccnc1)N1CCC(C(C)C)CC1. The first kappa shape index (κ1) is 15.5. The number of aromatic nitrogens is 1. The van der Waals surface area contributed by atoms with E-state index in [0.717, 1.165) is 31.3 Å². The molecule has 2 atom stereocenters. The molecule has 1 aliphatic heterocycles. The second-order valence-electron chi connectivity index (χ2n) is 6.42. The largest absolute Gasteiger partial charge is 0.326 e. The molecule has 1 aliphatic rings. The van der Waals surface area contributed by atoms with Gasteiger partial charge in [-0.15, -0.1) is 0 Å². The average molecular weight is 275 g/mol. The minimum atomic E-state index is 0.190. The van der Waals surface area contributed by atoms with Crippen LogP contribution in [0.15, 0.2) is 24.5 Å². The van der Waals surface area contributed by atoms with Gasteiger partial charge in [-0.3, -0.25) is 9.88 Å².